The van der Waals surface area contributed by atoms with Crippen molar-refractivity contribution in [2.45, 2.75) is 26.2 Å². The summed E-state index contributed by atoms with van der Waals surface area (Å²) in [6.45, 7) is 1.96. The zero-order valence-electron chi connectivity index (χ0n) is 8.90. The Labute approximate surface area is 107 Å². The van der Waals surface area contributed by atoms with E-state index in [1.165, 1.54) is 12.1 Å². The third-order valence-electron chi connectivity index (χ3n) is 2.16. The molecule has 4 nitrogen and oxygen atoms in total. The molecular formula is C11H12INO3. The van der Waals surface area contributed by atoms with Gasteiger partial charge in [0.25, 0.3) is 5.69 Å². The first-order valence-corrected chi connectivity index (χ1v) is 6.07. The zero-order valence-corrected chi connectivity index (χ0v) is 11.1. The van der Waals surface area contributed by atoms with Crippen LogP contribution in [0.4, 0.5) is 5.69 Å². The summed E-state index contributed by atoms with van der Waals surface area (Å²) in [5.41, 5.74) is 0.931. The number of hydrogen-bond acceptors (Lipinski definition) is 3. The van der Waals surface area contributed by atoms with Gasteiger partial charge in [0.05, 0.1) is 4.92 Å². The number of Topliss-reactive ketones (excluding diaryl/α,β-unsaturated/α-hetero) is 1. The molecule has 0 aliphatic rings. The molecule has 0 aliphatic heterocycles. The summed E-state index contributed by atoms with van der Waals surface area (Å²) in [4.78, 5) is 21.5. The SMILES string of the molecule is CCCC(=O)Cc1ccc([N+](=O)[O-])cc1I. The van der Waals surface area contributed by atoms with E-state index in [0.29, 0.717) is 12.8 Å². The number of carbonyl (C=O) groups excluding carboxylic acids is 1. The van der Waals surface area contributed by atoms with Crippen LogP contribution in [0.3, 0.4) is 0 Å². The average Bonchev–Trinajstić information content (AvgIpc) is 2.21. The highest BCUT2D eigenvalue weighted by Gasteiger charge is 2.11. The molecule has 0 saturated carbocycles. The van der Waals surface area contributed by atoms with Gasteiger partial charge in [-0.15, -0.1) is 0 Å². The van der Waals surface area contributed by atoms with Gasteiger partial charge < -0.3 is 0 Å². The van der Waals surface area contributed by atoms with Gasteiger partial charge in [-0.3, -0.25) is 14.9 Å². The summed E-state index contributed by atoms with van der Waals surface area (Å²) in [5, 5.41) is 10.5. The number of nitrogens with zero attached hydrogens (tertiary/aromatic N) is 1. The fraction of sp³-hybridized carbons (Fsp3) is 0.364. The maximum Gasteiger partial charge on any atom is 0.270 e. The molecule has 0 N–H and O–H groups in total. The van der Waals surface area contributed by atoms with Gasteiger partial charge in [0.15, 0.2) is 0 Å². The Bertz CT molecular complexity index is 418. The van der Waals surface area contributed by atoms with Crippen LogP contribution in [0.5, 0.6) is 0 Å². The molecule has 1 aromatic rings. The lowest BCUT2D eigenvalue weighted by atomic mass is 10.1. The first-order chi connectivity index (χ1) is 7.54. The van der Waals surface area contributed by atoms with E-state index < -0.39 is 4.92 Å². The summed E-state index contributed by atoms with van der Waals surface area (Å²) < 4.78 is 0.774. The maximum absolute atomic E-state index is 11.4. The Balaban J connectivity index is 2.83. The second-order valence-corrected chi connectivity index (χ2v) is 4.66. The quantitative estimate of drug-likeness (QED) is 0.473. The number of hydrogen-bond donors (Lipinski definition) is 0. The van der Waals surface area contributed by atoms with Crippen LogP contribution < -0.4 is 0 Å². The molecule has 0 fully saturated rings. The second kappa shape index (κ2) is 5.93. The zero-order chi connectivity index (χ0) is 12.1. The minimum absolute atomic E-state index is 0.0658. The first kappa shape index (κ1) is 13.1. The van der Waals surface area contributed by atoms with Gasteiger partial charge in [0.1, 0.15) is 5.78 Å². The van der Waals surface area contributed by atoms with Gasteiger partial charge in [0.2, 0.25) is 0 Å². The highest BCUT2D eigenvalue weighted by atomic mass is 127. The van der Waals surface area contributed by atoms with Gasteiger partial charge in [-0.1, -0.05) is 13.0 Å². The van der Waals surface area contributed by atoms with Gasteiger partial charge in [-0.25, -0.2) is 0 Å². The molecule has 0 saturated heterocycles. The predicted octanol–water partition coefficient (Wildman–Crippen LogP) is 3.11. The first-order valence-electron chi connectivity index (χ1n) is 4.99. The highest BCUT2D eigenvalue weighted by molar-refractivity contribution is 14.1. The van der Waals surface area contributed by atoms with E-state index in [9.17, 15) is 14.9 Å². The standard InChI is InChI=1S/C11H12INO3/c1-2-3-10(14)6-8-4-5-9(13(15)16)7-11(8)12/h4-5,7H,2-3,6H2,1H3. The van der Waals surface area contributed by atoms with Crippen LogP contribution in [0.15, 0.2) is 18.2 Å². The number of halogens is 1. The van der Waals surface area contributed by atoms with Crippen molar-refractivity contribution in [3.05, 3.63) is 37.4 Å². The van der Waals surface area contributed by atoms with Crippen LogP contribution in [0.2, 0.25) is 0 Å². The number of nitro benzene ring substituents is 1. The van der Waals surface area contributed by atoms with Crippen molar-refractivity contribution in [3.8, 4) is 0 Å². The van der Waals surface area contributed by atoms with E-state index >= 15 is 0 Å². The smallest absolute Gasteiger partial charge is 0.270 e. The number of nitro groups is 1. The molecule has 5 heteroatoms. The molecule has 1 rings (SSSR count). The third-order valence-corrected chi connectivity index (χ3v) is 3.17. The van der Waals surface area contributed by atoms with Gasteiger partial charge in [-0.05, 0) is 34.6 Å². The van der Waals surface area contributed by atoms with Crippen molar-refractivity contribution in [2.24, 2.45) is 0 Å². The Morgan fingerprint density at radius 1 is 1.50 bits per heavy atom. The second-order valence-electron chi connectivity index (χ2n) is 3.50. The Morgan fingerprint density at radius 2 is 2.19 bits per heavy atom. The summed E-state index contributed by atoms with van der Waals surface area (Å²) in [6, 6.07) is 4.60. The summed E-state index contributed by atoms with van der Waals surface area (Å²) in [5.74, 6) is 0.175. The molecule has 0 bridgehead atoms. The van der Waals surface area contributed by atoms with Crippen molar-refractivity contribution in [3.63, 3.8) is 0 Å². The van der Waals surface area contributed by atoms with E-state index in [4.69, 9.17) is 0 Å². The van der Waals surface area contributed by atoms with Gasteiger partial charge >= 0.3 is 0 Å². The van der Waals surface area contributed by atoms with Crippen molar-refractivity contribution in [1.82, 2.24) is 0 Å². The number of rotatable bonds is 5. The summed E-state index contributed by atoms with van der Waals surface area (Å²) >= 11 is 2.02. The third kappa shape index (κ3) is 3.55. The van der Waals surface area contributed by atoms with E-state index in [1.807, 2.05) is 29.5 Å². The molecule has 0 radical (unpaired) electrons. The topological polar surface area (TPSA) is 60.2 Å². The van der Waals surface area contributed by atoms with Crippen LogP contribution in [0, 0.1) is 13.7 Å². The van der Waals surface area contributed by atoms with Gasteiger partial charge in [0, 0.05) is 28.5 Å². The average molecular weight is 333 g/mol. The predicted molar refractivity (Wildman–Crippen MR) is 69.4 cm³/mol. The fourth-order valence-electron chi connectivity index (χ4n) is 1.37. The molecule has 0 aromatic heterocycles. The number of benzene rings is 1. The molecule has 0 heterocycles. The Hall–Kier alpha value is -0.980. The van der Waals surface area contributed by atoms with Crippen molar-refractivity contribution >= 4 is 34.1 Å². The molecule has 1 aromatic carbocycles. The molecule has 0 unspecified atom stereocenters. The summed E-state index contributed by atoms with van der Waals surface area (Å²) in [6.07, 6.45) is 1.76. The largest absolute Gasteiger partial charge is 0.299 e. The lowest BCUT2D eigenvalue weighted by molar-refractivity contribution is -0.385. The highest BCUT2D eigenvalue weighted by Crippen LogP contribution is 2.20. The molecule has 86 valence electrons. The fourth-order valence-corrected chi connectivity index (χ4v) is 2.06. The van der Waals surface area contributed by atoms with Crippen LogP contribution in [0.1, 0.15) is 25.3 Å². The molecule has 16 heavy (non-hydrogen) atoms. The minimum atomic E-state index is -0.431. The number of carbonyl (C=O) groups is 1. The number of non-ortho nitro benzene ring substituents is 1. The van der Waals surface area contributed by atoms with E-state index in [-0.39, 0.29) is 11.5 Å². The van der Waals surface area contributed by atoms with Crippen molar-refractivity contribution in [1.29, 1.82) is 0 Å². The van der Waals surface area contributed by atoms with Crippen molar-refractivity contribution in [2.75, 3.05) is 0 Å². The van der Waals surface area contributed by atoms with Crippen LogP contribution in [-0.2, 0) is 11.2 Å². The number of ketones is 1. The normalized spacial score (nSPS) is 10.1. The van der Waals surface area contributed by atoms with Crippen LogP contribution in [-0.4, -0.2) is 10.7 Å². The molecular weight excluding hydrogens is 321 g/mol. The van der Waals surface area contributed by atoms with E-state index in [1.54, 1.807) is 6.07 Å². The van der Waals surface area contributed by atoms with E-state index in [2.05, 4.69) is 0 Å². The van der Waals surface area contributed by atoms with E-state index in [0.717, 1.165) is 15.6 Å². The lowest BCUT2D eigenvalue weighted by Gasteiger charge is -2.03. The Morgan fingerprint density at radius 3 is 2.69 bits per heavy atom. The van der Waals surface area contributed by atoms with Crippen LogP contribution in [0.25, 0.3) is 0 Å². The molecule has 0 amide bonds. The maximum atomic E-state index is 11.4. The monoisotopic (exact) mass is 333 g/mol. The molecule has 0 spiro atoms. The lowest BCUT2D eigenvalue weighted by Crippen LogP contribution is -2.03. The summed E-state index contributed by atoms with van der Waals surface area (Å²) in [7, 11) is 0. The minimum Gasteiger partial charge on any atom is -0.299 e. The Kier molecular flexibility index (Phi) is 4.85. The van der Waals surface area contributed by atoms with Crippen molar-refractivity contribution < 1.29 is 9.72 Å². The van der Waals surface area contributed by atoms with Gasteiger partial charge in [-0.2, -0.15) is 0 Å². The molecule has 0 aliphatic carbocycles. The van der Waals surface area contributed by atoms with Crippen LogP contribution >= 0.6 is 22.6 Å². The molecule has 0 atom stereocenters.